The van der Waals surface area contributed by atoms with E-state index in [2.05, 4.69) is 10.3 Å². The van der Waals surface area contributed by atoms with E-state index in [0.29, 0.717) is 45.4 Å². The molecule has 8 heteroatoms. The number of ether oxygens (including phenoxy) is 1. The number of nitriles is 1. The molecule has 0 fully saturated rings. The molecule has 3 aromatic carbocycles. The lowest BCUT2D eigenvalue weighted by molar-refractivity contribution is -0.113. The first-order valence-electron chi connectivity index (χ1n) is 10.3. The molecule has 0 radical (unpaired) electrons. The zero-order chi connectivity index (χ0) is 23.2. The number of nitrogens with one attached hydrogen (secondary N) is 1. The van der Waals surface area contributed by atoms with Crippen LogP contribution >= 0.6 is 11.8 Å². The van der Waals surface area contributed by atoms with Crippen molar-refractivity contribution < 1.29 is 9.53 Å². The predicted molar refractivity (Wildman–Crippen MR) is 129 cm³/mol. The van der Waals surface area contributed by atoms with E-state index in [9.17, 15) is 9.59 Å². The molecule has 4 rings (SSSR count). The lowest BCUT2D eigenvalue weighted by Crippen LogP contribution is -2.23. The number of benzene rings is 3. The van der Waals surface area contributed by atoms with Gasteiger partial charge in [0.1, 0.15) is 5.75 Å². The maximum Gasteiger partial charge on any atom is 0.266 e. The standard InChI is InChI=1S/C25H20N4O3S/c1-2-32-20-12-10-19(11-13-20)29-24(31)21-8-3-4-9-22(21)28-25(29)33-16-23(30)27-18-7-5-6-17(14-18)15-26/h3-14H,2,16H2,1H3,(H,27,30). The number of amides is 1. The number of anilines is 1. The normalized spacial score (nSPS) is 10.5. The van der Waals surface area contributed by atoms with E-state index in [4.69, 9.17) is 10.00 Å². The maximum atomic E-state index is 13.3. The summed E-state index contributed by atoms with van der Waals surface area (Å²) in [5.41, 5.74) is 1.98. The molecule has 0 atom stereocenters. The average molecular weight is 457 g/mol. The molecule has 1 aromatic heterocycles. The number of thioether (sulfide) groups is 1. The molecule has 0 saturated heterocycles. The third-order valence-electron chi connectivity index (χ3n) is 4.76. The summed E-state index contributed by atoms with van der Waals surface area (Å²) in [6, 6.07) is 23.0. The monoisotopic (exact) mass is 456 g/mol. The van der Waals surface area contributed by atoms with Gasteiger partial charge in [0.15, 0.2) is 5.16 Å². The van der Waals surface area contributed by atoms with Gasteiger partial charge in [-0.3, -0.25) is 14.2 Å². The van der Waals surface area contributed by atoms with Crippen molar-refractivity contribution in [1.29, 1.82) is 5.26 Å². The van der Waals surface area contributed by atoms with Crippen LogP contribution in [0.2, 0.25) is 0 Å². The van der Waals surface area contributed by atoms with Gasteiger partial charge in [-0.05, 0) is 61.5 Å². The zero-order valence-electron chi connectivity index (χ0n) is 17.8. The van der Waals surface area contributed by atoms with Crippen LogP contribution in [0.1, 0.15) is 12.5 Å². The molecule has 0 aliphatic heterocycles. The van der Waals surface area contributed by atoms with Crippen molar-refractivity contribution in [3.8, 4) is 17.5 Å². The summed E-state index contributed by atoms with van der Waals surface area (Å²) in [6.45, 7) is 2.45. The van der Waals surface area contributed by atoms with Gasteiger partial charge in [0.05, 0.1) is 40.6 Å². The highest BCUT2D eigenvalue weighted by Crippen LogP contribution is 2.23. The summed E-state index contributed by atoms with van der Waals surface area (Å²) in [4.78, 5) is 30.5. The van der Waals surface area contributed by atoms with Gasteiger partial charge in [-0.15, -0.1) is 0 Å². The molecule has 0 unspecified atom stereocenters. The number of fused-ring (bicyclic) bond motifs is 1. The fraction of sp³-hybridized carbons (Fsp3) is 0.120. The van der Waals surface area contributed by atoms with Crippen LogP contribution in [0, 0.1) is 11.3 Å². The Morgan fingerprint density at radius 2 is 1.91 bits per heavy atom. The fourth-order valence-corrected chi connectivity index (χ4v) is 4.10. The number of rotatable bonds is 7. The minimum Gasteiger partial charge on any atom is -0.494 e. The van der Waals surface area contributed by atoms with E-state index in [0.717, 1.165) is 0 Å². The van der Waals surface area contributed by atoms with Crippen molar-refractivity contribution >= 4 is 34.3 Å². The Bertz CT molecular complexity index is 1410. The highest BCUT2D eigenvalue weighted by Gasteiger charge is 2.15. The average Bonchev–Trinajstić information content (AvgIpc) is 2.84. The van der Waals surface area contributed by atoms with E-state index in [-0.39, 0.29) is 17.2 Å². The van der Waals surface area contributed by atoms with Gasteiger partial charge in [-0.1, -0.05) is 30.0 Å². The molecule has 1 N–H and O–H groups in total. The van der Waals surface area contributed by atoms with Crippen LogP contribution in [0.3, 0.4) is 0 Å². The number of hydrogen-bond acceptors (Lipinski definition) is 6. The summed E-state index contributed by atoms with van der Waals surface area (Å²) < 4.78 is 7.00. The number of carbonyl (C=O) groups is 1. The van der Waals surface area contributed by atoms with Gasteiger partial charge in [-0.25, -0.2) is 4.98 Å². The van der Waals surface area contributed by atoms with E-state index in [1.54, 1.807) is 66.7 Å². The second-order valence-electron chi connectivity index (χ2n) is 7.01. The number of aromatic nitrogens is 2. The highest BCUT2D eigenvalue weighted by molar-refractivity contribution is 7.99. The summed E-state index contributed by atoms with van der Waals surface area (Å²) in [7, 11) is 0. The molecule has 164 valence electrons. The number of para-hydroxylation sites is 1. The van der Waals surface area contributed by atoms with E-state index in [1.165, 1.54) is 16.3 Å². The highest BCUT2D eigenvalue weighted by atomic mass is 32.2. The number of nitrogens with zero attached hydrogens (tertiary/aromatic N) is 3. The number of hydrogen-bond donors (Lipinski definition) is 1. The molecule has 4 aromatic rings. The first kappa shape index (κ1) is 22.1. The maximum absolute atomic E-state index is 13.3. The minimum absolute atomic E-state index is 0.0403. The minimum atomic E-state index is -0.268. The van der Waals surface area contributed by atoms with E-state index >= 15 is 0 Å². The van der Waals surface area contributed by atoms with Crippen molar-refractivity contribution in [3.63, 3.8) is 0 Å². The van der Waals surface area contributed by atoms with Crippen molar-refractivity contribution in [2.45, 2.75) is 12.1 Å². The SMILES string of the molecule is CCOc1ccc(-n2c(SCC(=O)Nc3cccc(C#N)c3)nc3ccccc3c2=O)cc1. The van der Waals surface area contributed by atoms with E-state index < -0.39 is 0 Å². The molecule has 1 amide bonds. The summed E-state index contributed by atoms with van der Waals surface area (Å²) in [5, 5.41) is 12.7. The Kier molecular flexibility index (Phi) is 6.72. The van der Waals surface area contributed by atoms with Gasteiger partial charge < -0.3 is 10.1 Å². The first-order valence-corrected chi connectivity index (χ1v) is 11.3. The molecule has 1 heterocycles. The molecule has 0 aliphatic rings. The van der Waals surface area contributed by atoms with Crippen LogP contribution in [0.5, 0.6) is 5.75 Å². The molecule has 0 spiro atoms. The van der Waals surface area contributed by atoms with Crippen molar-refractivity contribution in [2.75, 3.05) is 17.7 Å². The fourth-order valence-electron chi connectivity index (χ4n) is 3.29. The van der Waals surface area contributed by atoms with Crippen molar-refractivity contribution in [1.82, 2.24) is 9.55 Å². The number of carbonyl (C=O) groups excluding carboxylic acids is 1. The summed E-state index contributed by atoms with van der Waals surface area (Å²) >= 11 is 1.17. The molecule has 7 nitrogen and oxygen atoms in total. The van der Waals surface area contributed by atoms with Crippen molar-refractivity contribution in [3.05, 3.63) is 88.7 Å². The quantitative estimate of drug-likeness (QED) is 0.327. The Morgan fingerprint density at radius 3 is 2.67 bits per heavy atom. The Hall–Kier alpha value is -4.09. The lowest BCUT2D eigenvalue weighted by atomic mass is 10.2. The molecular weight excluding hydrogens is 436 g/mol. The van der Waals surface area contributed by atoms with Crippen LogP contribution in [0.25, 0.3) is 16.6 Å². The topological polar surface area (TPSA) is 97.0 Å². The molecular formula is C25H20N4O3S. The molecule has 0 saturated carbocycles. The van der Waals surface area contributed by atoms with Gasteiger partial charge in [0, 0.05) is 5.69 Å². The van der Waals surface area contributed by atoms with Gasteiger partial charge >= 0.3 is 0 Å². The molecule has 0 bridgehead atoms. The first-order chi connectivity index (χ1) is 16.1. The largest absolute Gasteiger partial charge is 0.494 e. The third-order valence-corrected chi connectivity index (χ3v) is 5.70. The van der Waals surface area contributed by atoms with Crippen LogP contribution in [0.15, 0.2) is 82.7 Å². The van der Waals surface area contributed by atoms with Crippen LogP contribution in [-0.2, 0) is 4.79 Å². The Morgan fingerprint density at radius 1 is 1.12 bits per heavy atom. The summed E-state index contributed by atoms with van der Waals surface area (Å²) in [5.74, 6) is 0.477. The smallest absolute Gasteiger partial charge is 0.266 e. The second-order valence-corrected chi connectivity index (χ2v) is 7.95. The van der Waals surface area contributed by atoms with Gasteiger partial charge in [0.2, 0.25) is 5.91 Å². The second kappa shape index (κ2) is 10.0. The summed E-state index contributed by atoms with van der Waals surface area (Å²) in [6.07, 6.45) is 0. The Balaban J connectivity index is 1.64. The van der Waals surface area contributed by atoms with Crippen LogP contribution < -0.4 is 15.6 Å². The van der Waals surface area contributed by atoms with Gasteiger partial charge in [-0.2, -0.15) is 5.26 Å². The Labute approximate surface area is 194 Å². The molecule has 33 heavy (non-hydrogen) atoms. The molecule has 0 aliphatic carbocycles. The third kappa shape index (κ3) is 5.05. The van der Waals surface area contributed by atoms with E-state index in [1.807, 2.05) is 19.1 Å². The van der Waals surface area contributed by atoms with Crippen molar-refractivity contribution in [2.24, 2.45) is 0 Å². The van der Waals surface area contributed by atoms with Crippen LogP contribution in [0.4, 0.5) is 5.69 Å². The zero-order valence-corrected chi connectivity index (χ0v) is 18.6. The van der Waals surface area contributed by atoms with Crippen LogP contribution in [-0.4, -0.2) is 27.8 Å². The van der Waals surface area contributed by atoms with Gasteiger partial charge in [0.25, 0.3) is 5.56 Å². The predicted octanol–water partition coefficient (Wildman–Crippen LogP) is 4.39. The lowest BCUT2D eigenvalue weighted by Gasteiger charge is -2.14.